The average Bonchev–Trinajstić information content (AvgIpc) is 2.49. The van der Waals surface area contributed by atoms with Gasteiger partial charge in [0, 0.05) is 25.6 Å². The van der Waals surface area contributed by atoms with Gasteiger partial charge in [-0.3, -0.25) is 0 Å². The highest BCUT2D eigenvalue weighted by Gasteiger charge is 2.16. The smallest absolute Gasteiger partial charge is 0.146 e. The van der Waals surface area contributed by atoms with E-state index in [2.05, 4.69) is 15.5 Å². The van der Waals surface area contributed by atoms with Crippen molar-refractivity contribution >= 4 is 0 Å². The van der Waals surface area contributed by atoms with Gasteiger partial charge in [-0.1, -0.05) is 13.8 Å². The highest BCUT2D eigenvalue weighted by Crippen LogP contribution is 2.11. The molecule has 0 amide bonds. The molecule has 86 valence electrons. The Hall–Kier alpha value is -0.940. The molecule has 0 unspecified atom stereocenters. The lowest BCUT2D eigenvalue weighted by Gasteiger charge is -2.21. The fourth-order valence-electron chi connectivity index (χ4n) is 1.17. The minimum atomic E-state index is -0.0896. The van der Waals surface area contributed by atoms with Crippen LogP contribution in [0.2, 0.25) is 0 Å². The predicted molar refractivity (Wildman–Crippen MR) is 58.3 cm³/mol. The van der Waals surface area contributed by atoms with E-state index in [4.69, 9.17) is 5.11 Å². The van der Waals surface area contributed by atoms with Crippen molar-refractivity contribution in [2.24, 2.45) is 12.5 Å². The van der Waals surface area contributed by atoms with Gasteiger partial charge in [-0.25, -0.2) is 0 Å². The van der Waals surface area contributed by atoms with E-state index in [1.807, 2.05) is 32.4 Å². The van der Waals surface area contributed by atoms with Gasteiger partial charge in [-0.05, 0) is 6.92 Å². The highest BCUT2D eigenvalue weighted by molar-refractivity contribution is 4.92. The summed E-state index contributed by atoms with van der Waals surface area (Å²) >= 11 is 0. The maximum Gasteiger partial charge on any atom is 0.146 e. The van der Waals surface area contributed by atoms with E-state index < -0.39 is 0 Å². The van der Waals surface area contributed by atoms with Crippen molar-refractivity contribution in [2.45, 2.75) is 27.3 Å². The fraction of sp³-hybridized carbons (Fsp3) is 0.800. The van der Waals surface area contributed by atoms with E-state index in [9.17, 15) is 0 Å². The first-order chi connectivity index (χ1) is 6.96. The Labute approximate surface area is 90.5 Å². The molecule has 1 aromatic rings. The van der Waals surface area contributed by atoms with Gasteiger partial charge >= 0.3 is 0 Å². The minimum Gasteiger partial charge on any atom is -0.396 e. The molecular weight excluding hydrogens is 192 g/mol. The van der Waals surface area contributed by atoms with Crippen LogP contribution >= 0.6 is 0 Å². The molecule has 15 heavy (non-hydrogen) atoms. The number of rotatable bonds is 5. The molecule has 0 aliphatic heterocycles. The number of aromatic nitrogens is 3. The molecule has 0 spiro atoms. The van der Waals surface area contributed by atoms with Crippen molar-refractivity contribution in [1.29, 1.82) is 0 Å². The summed E-state index contributed by atoms with van der Waals surface area (Å²) in [5.41, 5.74) is -0.0896. The number of nitrogens with zero attached hydrogens (tertiary/aromatic N) is 3. The molecule has 1 aromatic heterocycles. The summed E-state index contributed by atoms with van der Waals surface area (Å²) < 4.78 is 1.96. The average molecular weight is 212 g/mol. The monoisotopic (exact) mass is 212 g/mol. The second kappa shape index (κ2) is 4.72. The van der Waals surface area contributed by atoms with Gasteiger partial charge in [0.1, 0.15) is 11.6 Å². The molecule has 5 heteroatoms. The summed E-state index contributed by atoms with van der Waals surface area (Å²) in [6.45, 7) is 7.58. The molecule has 5 nitrogen and oxygen atoms in total. The maximum atomic E-state index is 9.08. The minimum absolute atomic E-state index is 0.0896. The Bertz CT molecular complexity index is 319. The molecule has 2 N–H and O–H groups in total. The summed E-state index contributed by atoms with van der Waals surface area (Å²) in [6.07, 6.45) is 0. The zero-order chi connectivity index (χ0) is 11.5. The normalized spacial score (nSPS) is 12.1. The van der Waals surface area contributed by atoms with Crippen LogP contribution in [0.1, 0.15) is 25.5 Å². The Kier molecular flexibility index (Phi) is 3.82. The Morgan fingerprint density at radius 1 is 1.40 bits per heavy atom. The summed E-state index contributed by atoms with van der Waals surface area (Å²) in [5.74, 6) is 1.83. The fourth-order valence-corrected chi connectivity index (χ4v) is 1.17. The van der Waals surface area contributed by atoms with E-state index in [1.165, 1.54) is 0 Å². The van der Waals surface area contributed by atoms with E-state index >= 15 is 0 Å². The van der Waals surface area contributed by atoms with Gasteiger partial charge < -0.3 is 15.0 Å². The molecule has 0 aliphatic carbocycles. The topological polar surface area (TPSA) is 63.0 Å². The van der Waals surface area contributed by atoms with Gasteiger partial charge in [0.05, 0.1) is 6.54 Å². The van der Waals surface area contributed by atoms with Crippen LogP contribution in [0.25, 0.3) is 0 Å². The molecular formula is C10H20N4O. The zero-order valence-corrected chi connectivity index (χ0v) is 9.91. The van der Waals surface area contributed by atoms with Crippen molar-refractivity contribution in [3.05, 3.63) is 11.6 Å². The molecule has 0 atom stereocenters. The first-order valence-electron chi connectivity index (χ1n) is 5.13. The third-order valence-corrected chi connectivity index (χ3v) is 2.50. The highest BCUT2D eigenvalue weighted by atomic mass is 16.3. The number of nitrogens with one attached hydrogen (secondary N) is 1. The van der Waals surface area contributed by atoms with Gasteiger partial charge in [-0.2, -0.15) is 0 Å². The predicted octanol–water partition coefficient (Wildman–Crippen LogP) is 0.232. The van der Waals surface area contributed by atoms with Gasteiger partial charge in [0.2, 0.25) is 0 Å². The lowest BCUT2D eigenvalue weighted by Crippen LogP contribution is -2.32. The Morgan fingerprint density at radius 2 is 2.07 bits per heavy atom. The Morgan fingerprint density at radius 3 is 2.53 bits per heavy atom. The van der Waals surface area contributed by atoms with Crippen LogP contribution in [0.5, 0.6) is 0 Å². The number of hydrogen-bond donors (Lipinski definition) is 2. The van der Waals surface area contributed by atoms with E-state index in [1.54, 1.807) is 0 Å². The van der Waals surface area contributed by atoms with Crippen molar-refractivity contribution in [3.8, 4) is 0 Å². The lowest BCUT2D eigenvalue weighted by molar-refractivity contribution is 0.156. The molecule has 0 fully saturated rings. The molecule has 0 aliphatic rings. The van der Waals surface area contributed by atoms with Crippen LogP contribution in [0.4, 0.5) is 0 Å². The number of hydrogen-bond acceptors (Lipinski definition) is 4. The second-order valence-corrected chi connectivity index (χ2v) is 4.65. The van der Waals surface area contributed by atoms with Gasteiger partial charge in [0.15, 0.2) is 0 Å². The lowest BCUT2D eigenvalue weighted by atomic mass is 9.95. The molecule has 1 rings (SSSR count). The van der Waals surface area contributed by atoms with Crippen LogP contribution in [0, 0.1) is 12.3 Å². The number of aliphatic hydroxyl groups excluding tert-OH is 1. The van der Waals surface area contributed by atoms with E-state index in [0.717, 1.165) is 18.2 Å². The quantitative estimate of drug-likeness (QED) is 0.733. The first kappa shape index (κ1) is 12.1. The zero-order valence-electron chi connectivity index (χ0n) is 9.91. The van der Waals surface area contributed by atoms with E-state index in [0.29, 0.717) is 6.54 Å². The maximum absolute atomic E-state index is 9.08. The summed E-state index contributed by atoms with van der Waals surface area (Å²) in [5, 5.41) is 20.4. The largest absolute Gasteiger partial charge is 0.396 e. The first-order valence-corrected chi connectivity index (χ1v) is 5.13. The van der Waals surface area contributed by atoms with Gasteiger partial charge in [0.25, 0.3) is 0 Å². The van der Waals surface area contributed by atoms with Crippen molar-refractivity contribution < 1.29 is 5.11 Å². The van der Waals surface area contributed by atoms with Crippen LogP contribution < -0.4 is 5.32 Å². The standard InChI is InChI=1S/C10H20N4O/c1-8-12-13-9(14(8)4)5-11-6-10(2,3)7-15/h11,15H,5-7H2,1-4H3. The summed E-state index contributed by atoms with van der Waals surface area (Å²) in [7, 11) is 1.95. The van der Waals surface area contributed by atoms with Crippen LogP contribution in [-0.4, -0.2) is 33.0 Å². The molecule has 0 bridgehead atoms. The molecule has 1 heterocycles. The third-order valence-electron chi connectivity index (χ3n) is 2.50. The molecule has 0 radical (unpaired) electrons. The van der Waals surface area contributed by atoms with Crippen molar-refractivity contribution in [1.82, 2.24) is 20.1 Å². The van der Waals surface area contributed by atoms with Crippen LogP contribution in [0.3, 0.4) is 0 Å². The second-order valence-electron chi connectivity index (χ2n) is 4.65. The van der Waals surface area contributed by atoms with Crippen molar-refractivity contribution in [3.63, 3.8) is 0 Å². The third kappa shape index (κ3) is 3.28. The molecule has 0 aromatic carbocycles. The number of aryl methyl sites for hydroxylation is 1. The molecule has 0 saturated carbocycles. The summed E-state index contributed by atoms with van der Waals surface area (Å²) in [4.78, 5) is 0. The van der Waals surface area contributed by atoms with Crippen LogP contribution in [0.15, 0.2) is 0 Å². The molecule has 0 saturated heterocycles. The van der Waals surface area contributed by atoms with Crippen LogP contribution in [-0.2, 0) is 13.6 Å². The number of aliphatic hydroxyl groups is 1. The Balaban J connectivity index is 2.42. The van der Waals surface area contributed by atoms with Crippen molar-refractivity contribution in [2.75, 3.05) is 13.2 Å². The van der Waals surface area contributed by atoms with Gasteiger partial charge in [-0.15, -0.1) is 10.2 Å². The summed E-state index contributed by atoms with van der Waals surface area (Å²) in [6, 6.07) is 0. The van der Waals surface area contributed by atoms with E-state index in [-0.39, 0.29) is 12.0 Å². The SMILES string of the molecule is Cc1nnc(CNCC(C)(C)CO)n1C.